The van der Waals surface area contributed by atoms with Crippen LogP contribution in [0.3, 0.4) is 0 Å². The largest absolute Gasteiger partial charge is 0.497 e. The van der Waals surface area contributed by atoms with Crippen molar-refractivity contribution in [1.29, 1.82) is 0 Å². The molecule has 0 heterocycles. The van der Waals surface area contributed by atoms with Gasteiger partial charge >= 0.3 is 6.03 Å². The lowest BCUT2D eigenvalue weighted by Gasteiger charge is -2.03. The molecule has 0 aliphatic heterocycles. The van der Waals surface area contributed by atoms with Crippen molar-refractivity contribution in [3.63, 3.8) is 0 Å². The number of hydrazone groups is 1. The maximum atomic E-state index is 10.4. The van der Waals surface area contributed by atoms with E-state index < -0.39 is 6.03 Å². The average Bonchev–Trinajstić information content (AvgIpc) is 2.34. The molecule has 1 rings (SSSR count). The molecule has 5 heteroatoms. The second-order valence-corrected chi connectivity index (χ2v) is 3.67. The first-order valence-corrected chi connectivity index (χ1v) is 5.33. The molecular formula is C12H17N3O2. The Bertz CT molecular complexity index is 399. The first-order valence-electron chi connectivity index (χ1n) is 5.33. The summed E-state index contributed by atoms with van der Waals surface area (Å²) in [6.07, 6.45) is 1.63. The van der Waals surface area contributed by atoms with E-state index in [4.69, 9.17) is 10.5 Å². The van der Waals surface area contributed by atoms with Crippen molar-refractivity contribution in [2.75, 3.05) is 7.11 Å². The summed E-state index contributed by atoms with van der Waals surface area (Å²) in [6, 6.07) is 7.21. The molecule has 5 nitrogen and oxygen atoms in total. The van der Waals surface area contributed by atoms with Gasteiger partial charge in [0.15, 0.2) is 0 Å². The van der Waals surface area contributed by atoms with Gasteiger partial charge in [-0.3, -0.25) is 0 Å². The lowest BCUT2D eigenvalue weighted by atomic mass is 10.1. The SMILES string of the molecule is COc1ccc(CC/C(C)=N\NC(N)=O)cc1. The first kappa shape index (κ1) is 13.0. The van der Waals surface area contributed by atoms with Crippen molar-refractivity contribution in [1.82, 2.24) is 5.43 Å². The molecular weight excluding hydrogens is 218 g/mol. The number of carbonyl (C=O) groups excluding carboxylic acids is 1. The van der Waals surface area contributed by atoms with Gasteiger partial charge in [0, 0.05) is 5.71 Å². The predicted octanol–water partition coefficient (Wildman–Crippen LogP) is 1.67. The number of carbonyl (C=O) groups is 1. The van der Waals surface area contributed by atoms with Crippen LogP contribution in [0.15, 0.2) is 29.4 Å². The molecule has 0 aliphatic rings. The van der Waals surface area contributed by atoms with Gasteiger partial charge in [0.2, 0.25) is 0 Å². The molecule has 1 aromatic rings. The fourth-order valence-corrected chi connectivity index (χ4v) is 1.32. The summed E-state index contributed by atoms with van der Waals surface area (Å²) in [4.78, 5) is 10.4. The zero-order valence-electron chi connectivity index (χ0n) is 10.1. The number of nitrogens with zero attached hydrogens (tertiary/aromatic N) is 1. The third kappa shape index (κ3) is 5.01. The quantitative estimate of drug-likeness (QED) is 0.601. The topological polar surface area (TPSA) is 76.7 Å². The Labute approximate surface area is 101 Å². The number of methoxy groups -OCH3 is 1. The summed E-state index contributed by atoms with van der Waals surface area (Å²) in [5.41, 5.74) is 9.14. The maximum absolute atomic E-state index is 10.4. The molecule has 17 heavy (non-hydrogen) atoms. The van der Waals surface area contributed by atoms with Gasteiger partial charge in [-0.05, 0) is 37.5 Å². The molecule has 0 fully saturated rings. The third-order valence-electron chi connectivity index (χ3n) is 2.29. The van der Waals surface area contributed by atoms with Crippen molar-refractivity contribution >= 4 is 11.7 Å². The standard InChI is InChI=1S/C12H17N3O2/c1-9(14-15-12(13)16)3-4-10-5-7-11(17-2)8-6-10/h5-8H,3-4H2,1-2H3,(H3,13,15,16)/b14-9-. The summed E-state index contributed by atoms with van der Waals surface area (Å²) in [5.74, 6) is 0.842. The van der Waals surface area contributed by atoms with Gasteiger partial charge in [-0.2, -0.15) is 5.10 Å². The second kappa shape index (κ2) is 6.52. The Morgan fingerprint density at radius 3 is 2.59 bits per heavy atom. The molecule has 0 atom stereocenters. The van der Waals surface area contributed by atoms with Gasteiger partial charge in [-0.15, -0.1) is 0 Å². The van der Waals surface area contributed by atoms with Crippen molar-refractivity contribution in [3.05, 3.63) is 29.8 Å². The Morgan fingerprint density at radius 2 is 2.06 bits per heavy atom. The third-order valence-corrected chi connectivity index (χ3v) is 2.29. The molecule has 0 saturated carbocycles. The van der Waals surface area contributed by atoms with Crippen molar-refractivity contribution in [3.8, 4) is 5.75 Å². The van der Waals surface area contributed by atoms with Gasteiger partial charge in [0.05, 0.1) is 7.11 Å². The maximum Gasteiger partial charge on any atom is 0.332 e. The zero-order valence-corrected chi connectivity index (χ0v) is 10.1. The predicted molar refractivity (Wildman–Crippen MR) is 67.1 cm³/mol. The van der Waals surface area contributed by atoms with E-state index in [9.17, 15) is 4.79 Å². The van der Waals surface area contributed by atoms with E-state index in [2.05, 4.69) is 10.5 Å². The van der Waals surface area contributed by atoms with Crippen LogP contribution >= 0.6 is 0 Å². The van der Waals surface area contributed by atoms with Gasteiger partial charge in [0.1, 0.15) is 5.75 Å². The first-order chi connectivity index (χ1) is 8.11. The highest BCUT2D eigenvalue weighted by Crippen LogP contribution is 2.12. The second-order valence-electron chi connectivity index (χ2n) is 3.67. The number of nitrogens with one attached hydrogen (secondary N) is 1. The van der Waals surface area contributed by atoms with Crippen molar-refractivity contribution in [2.45, 2.75) is 19.8 Å². The number of rotatable bonds is 5. The number of aryl methyl sites for hydroxylation is 1. The minimum Gasteiger partial charge on any atom is -0.497 e. The molecule has 0 unspecified atom stereocenters. The van der Waals surface area contributed by atoms with E-state index in [1.807, 2.05) is 31.2 Å². The van der Waals surface area contributed by atoms with Crippen molar-refractivity contribution in [2.24, 2.45) is 10.8 Å². The van der Waals surface area contributed by atoms with E-state index in [0.717, 1.165) is 24.3 Å². The number of hydrogen-bond acceptors (Lipinski definition) is 3. The summed E-state index contributed by atoms with van der Waals surface area (Å²) in [7, 11) is 1.64. The Balaban J connectivity index is 2.44. The molecule has 92 valence electrons. The lowest BCUT2D eigenvalue weighted by Crippen LogP contribution is -2.25. The molecule has 0 aromatic heterocycles. The zero-order chi connectivity index (χ0) is 12.7. The highest BCUT2D eigenvalue weighted by molar-refractivity contribution is 5.83. The molecule has 2 amide bonds. The Morgan fingerprint density at radius 1 is 1.41 bits per heavy atom. The molecule has 3 N–H and O–H groups in total. The summed E-state index contributed by atoms with van der Waals surface area (Å²) in [5, 5.41) is 3.84. The van der Waals surface area contributed by atoms with Crippen LogP contribution in [-0.4, -0.2) is 18.9 Å². The normalized spacial score (nSPS) is 11.1. The van der Waals surface area contributed by atoms with Gasteiger partial charge in [-0.1, -0.05) is 12.1 Å². The van der Waals surface area contributed by atoms with Crippen LogP contribution in [0.1, 0.15) is 18.9 Å². The van der Waals surface area contributed by atoms with Crippen LogP contribution in [0.2, 0.25) is 0 Å². The molecule has 1 aromatic carbocycles. The molecule has 0 saturated heterocycles. The van der Waals surface area contributed by atoms with Crippen LogP contribution < -0.4 is 15.9 Å². The molecule has 0 spiro atoms. The van der Waals surface area contributed by atoms with Crippen LogP contribution in [-0.2, 0) is 6.42 Å². The fourth-order valence-electron chi connectivity index (χ4n) is 1.32. The average molecular weight is 235 g/mol. The van der Waals surface area contributed by atoms with Crippen LogP contribution in [0.5, 0.6) is 5.75 Å². The van der Waals surface area contributed by atoms with Gasteiger partial charge in [-0.25, -0.2) is 10.2 Å². The number of ether oxygens (including phenoxy) is 1. The fraction of sp³-hybridized carbons (Fsp3) is 0.333. The number of primary amides is 1. The molecule has 0 aliphatic carbocycles. The summed E-state index contributed by atoms with van der Waals surface area (Å²) < 4.78 is 5.07. The number of amides is 2. The van der Waals surface area contributed by atoms with E-state index >= 15 is 0 Å². The van der Waals surface area contributed by atoms with E-state index in [0.29, 0.717) is 0 Å². The van der Waals surface area contributed by atoms with Gasteiger partial charge in [0.25, 0.3) is 0 Å². The van der Waals surface area contributed by atoms with E-state index in [-0.39, 0.29) is 0 Å². The van der Waals surface area contributed by atoms with Crippen molar-refractivity contribution < 1.29 is 9.53 Å². The van der Waals surface area contributed by atoms with E-state index in [1.54, 1.807) is 7.11 Å². The number of nitrogens with two attached hydrogens (primary N) is 1. The number of benzene rings is 1. The van der Waals surface area contributed by atoms with Crippen LogP contribution in [0, 0.1) is 0 Å². The minimum absolute atomic E-state index is 0.645. The number of urea groups is 1. The minimum atomic E-state index is -0.645. The summed E-state index contributed by atoms with van der Waals surface area (Å²) >= 11 is 0. The highest BCUT2D eigenvalue weighted by atomic mass is 16.5. The summed E-state index contributed by atoms with van der Waals surface area (Å²) in [6.45, 7) is 1.85. The highest BCUT2D eigenvalue weighted by Gasteiger charge is 1.97. The molecule has 0 radical (unpaired) electrons. The van der Waals surface area contributed by atoms with Gasteiger partial charge < -0.3 is 10.5 Å². The Kier molecular flexibility index (Phi) is 5.00. The smallest absolute Gasteiger partial charge is 0.332 e. The van der Waals surface area contributed by atoms with E-state index in [1.165, 1.54) is 5.56 Å². The van der Waals surface area contributed by atoms with Crippen LogP contribution in [0.25, 0.3) is 0 Å². The lowest BCUT2D eigenvalue weighted by molar-refractivity contribution is 0.249. The monoisotopic (exact) mass is 235 g/mol. The Hall–Kier alpha value is -2.04. The molecule has 0 bridgehead atoms. The number of hydrogen-bond donors (Lipinski definition) is 2. The van der Waals surface area contributed by atoms with Crippen LogP contribution in [0.4, 0.5) is 4.79 Å².